The number of rotatable bonds is 3. The summed E-state index contributed by atoms with van der Waals surface area (Å²) in [5.74, 6) is -0.315. The molecule has 3 nitrogen and oxygen atoms in total. The predicted octanol–water partition coefficient (Wildman–Crippen LogP) is 3.47. The zero-order valence-electron chi connectivity index (χ0n) is 9.68. The van der Waals surface area contributed by atoms with Gasteiger partial charge in [0.25, 0.3) is 5.91 Å². The number of carbonyl (C=O) groups is 1. The van der Waals surface area contributed by atoms with E-state index >= 15 is 0 Å². The first-order valence-corrected chi connectivity index (χ1v) is 6.50. The van der Waals surface area contributed by atoms with Gasteiger partial charge >= 0.3 is 0 Å². The molecular formula is C13H11ClN2OS. The molecule has 0 atom stereocenters. The van der Waals surface area contributed by atoms with Crippen LogP contribution in [0.2, 0.25) is 5.02 Å². The molecule has 0 aliphatic heterocycles. The molecule has 0 spiro atoms. The number of halogens is 1. The summed E-state index contributed by atoms with van der Waals surface area (Å²) in [6.07, 6.45) is 1.62. The van der Waals surface area contributed by atoms with E-state index in [4.69, 9.17) is 11.6 Å². The Morgan fingerprint density at radius 1 is 1.33 bits per heavy atom. The van der Waals surface area contributed by atoms with Gasteiger partial charge in [0.1, 0.15) is 0 Å². The lowest BCUT2D eigenvalue weighted by Crippen LogP contribution is -2.17. The molecule has 2 rings (SSSR count). The summed E-state index contributed by atoms with van der Waals surface area (Å²) in [6.45, 7) is 2.02. The molecule has 0 saturated heterocycles. The average molecular weight is 279 g/mol. The molecule has 0 fully saturated rings. The minimum absolute atomic E-state index is 0.315. The van der Waals surface area contributed by atoms with E-state index in [2.05, 4.69) is 10.5 Å². The van der Waals surface area contributed by atoms with Crippen LogP contribution in [0, 0.1) is 6.92 Å². The van der Waals surface area contributed by atoms with Crippen LogP contribution < -0.4 is 5.43 Å². The van der Waals surface area contributed by atoms with E-state index in [1.54, 1.807) is 41.8 Å². The van der Waals surface area contributed by atoms with Crippen molar-refractivity contribution in [2.45, 2.75) is 6.92 Å². The van der Waals surface area contributed by atoms with Gasteiger partial charge in [0.2, 0.25) is 0 Å². The SMILES string of the molecule is Cc1ccc(/C=N/NC(=O)c2ccccc2Cl)s1. The summed E-state index contributed by atoms with van der Waals surface area (Å²) < 4.78 is 0. The normalized spacial score (nSPS) is 10.8. The number of aryl methyl sites for hydroxylation is 1. The fourth-order valence-corrected chi connectivity index (χ4v) is 2.35. The van der Waals surface area contributed by atoms with Gasteiger partial charge in [0.05, 0.1) is 16.8 Å². The molecule has 2 aromatic rings. The third kappa shape index (κ3) is 3.18. The lowest BCUT2D eigenvalue weighted by molar-refractivity contribution is 0.0955. The van der Waals surface area contributed by atoms with Crippen LogP contribution in [0.25, 0.3) is 0 Å². The molecule has 0 saturated carbocycles. The highest BCUT2D eigenvalue weighted by Crippen LogP contribution is 2.14. The highest BCUT2D eigenvalue weighted by Gasteiger charge is 2.07. The van der Waals surface area contributed by atoms with Crippen LogP contribution in [0.3, 0.4) is 0 Å². The van der Waals surface area contributed by atoms with Crippen LogP contribution in [0.15, 0.2) is 41.5 Å². The van der Waals surface area contributed by atoms with Crippen LogP contribution >= 0.6 is 22.9 Å². The van der Waals surface area contributed by atoms with Gasteiger partial charge in [-0.2, -0.15) is 5.10 Å². The van der Waals surface area contributed by atoms with Gasteiger partial charge in [0.15, 0.2) is 0 Å². The van der Waals surface area contributed by atoms with E-state index in [0.29, 0.717) is 10.6 Å². The number of nitrogens with zero attached hydrogens (tertiary/aromatic N) is 1. The number of hydrogen-bond donors (Lipinski definition) is 1. The molecule has 0 radical (unpaired) electrons. The zero-order valence-corrected chi connectivity index (χ0v) is 11.3. The molecule has 1 N–H and O–H groups in total. The lowest BCUT2D eigenvalue weighted by Gasteiger charge is -2.01. The van der Waals surface area contributed by atoms with Crippen molar-refractivity contribution in [2.75, 3.05) is 0 Å². The predicted molar refractivity (Wildman–Crippen MR) is 75.6 cm³/mol. The number of amides is 1. The molecule has 18 heavy (non-hydrogen) atoms. The molecule has 1 aromatic carbocycles. The summed E-state index contributed by atoms with van der Waals surface area (Å²) in [5.41, 5.74) is 2.87. The van der Waals surface area contributed by atoms with Crippen molar-refractivity contribution in [3.8, 4) is 0 Å². The van der Waals surface area contributed by atoms with E-state index in [9.17, 15) is 4.79 Å². The Morgan fingerprint density at radius 3 is 2.78 bits per heavy atom. The highest BCUT2D eigenvalue weighted by atomic mass is 35.5. The van der Waals surface area contributed by atoms with Crippen molar-refractivity contribution in [2.24, 2.45) is 5.10 Å². The Hall–Kier alpha value is -1.65. The quantitative estimate of drug-likeness (QED) is 0.678. The van der Waals surface area contributed by atoms with E-state index < -0.39 is 0 Å². The maximum atomic E-state index is 11.8. The van der Waals surface area contributed by atoms with Crippen molar-refractivity contribution in [1.82, 2.24) is 5.43 Å². The van der Waals surface area contributed by atoms with Gasteiger partial charge < -0.3 is 0 Å². The van der Waals surface area contributed by atoms with Gasteiger partial charge in [-0.25, -0.2) is 5.43 Å². The second kappa shape index (κ2) is 5.80. The summed E-state index contributed by atoms with van der Waals surface area (Å²) in [7, 11) is 0. The monoisotopic (exact) mass is 278 g/mol. The van der Waals surface area contributed by atoms with E-state index in [1.807, 2.05) is 19.1 Å². The first-order valence-electron chi connectivity index (χ1n) is 5.31. The van der Waals surface area contributed by atoms with E-state index in [-0.39, 0.29) is 5.91 Å². The molecule has 0 aliphatic carbocycles. The van der Waals surface area contributed by atoms with Gasteiger partial charge in [-0.05, 0) is 31.2 Å². The molecule has 5 heteroatoms. The van der Waals surface area contributed by atoms with Crippen LogP contribution in [0.5, 0.6) is 0 Å². The number of hydrazone groups is 1. The fourth-order valence-electron chi connectivity index (χ4n) is 1.38. The maximum Gasteiger partial charge on any atom is 0.272 e. The van der Waals surface area contributed by atoms with E-state index in [0.717, 1.165) is 4.88 Å². The number of benzene rings is 1. The van der Waals surface area contributed by atoms with Gasteiger partial charge in [-0.15, -0.1) is 11.3 Å². The third-order valence-electron chi connectivity index (χ3n) is 2.24. The Balaban J connectivity index is 2.01. The standard InChI is InChI=1S/C13H11ClN2OS/c1-9-6-7-10(18-9)8-15-16-13(17)11-4-2-3-5-12(11)14/h2-8H,1H3,(H,16,17)/b15-8+. The lowest BCUT2D eigenvalue weighted by atomic mass is 10.2. The molecule has 0 aliphatic rings. The van der Waals surface area contributed by atoms with Crippen LogP contribution in [0.1, 0.15) is 20.1 Å². The third-order valence-corrected chi connectivity index (χ3v) is 3.50. The maximum absolute atomic E-state index is 11.8. The molecule has 1 amide bonds. The Morgan fingerprint density at radius 2 is 2.11 bits per heavy atom. The van der Waals surface area contributed by atoms with Crippen molar-refractivity contribution < 1.29 is 4.79 Å². The minimum Gasteiger partial charge on any atom is -0.267 e. The highest BCUT2D eigenvalue weighted by molar-refractivity contribution is 7.13. The number of carbonyl (C=O) groups excluding carboxylic acids is 1. The molecule has 0 unspecified atom stereocenters. The first kappa shape index (κ1) is 12.8. The number of thiophene rings is 1. The van der Waals surface area contributed by atoms with Crippen molar-refractivity contribution in [3.05, 3.63) is 56.7 Å². The molecule has 1 aromatic heterocycles. The van der Waals surface area contributed by atoms with Gasteiger partial charge in [-0.3, -0.25) is 4.79 Å². The minimum atomic E-state index is -0.315. The average Bonchev–Trinajstić information content (AvgIpc) is 2.75. The fraction of sp³-hybridized carbons (Fsp3) is 0.0769. The summed E-state index contributed by atoms with van der Waals surface area (Å²) in [6, 6.07) is 10.8. The Labute approximate surface area is 114 Å². The topological polar surface area (TPSA) is 41.5 Å². The second-order valence-corrected chi connectivity index (χ2v) is 5.35. The van der Waals surface area contributed by atoms with Crippen molar-refractivity contribution in [1.29, 1.82) is 0 Å². The molecule has 0 bridgehead atoms. The number of hydrogen-bond acceptors (Lipinski definition) is 3. The van der Waals surface area contributed by atoms with Crippen LogP contribution in [0.4, 0.5) is 0 Å². The summed E-state index contributed by atoms with van der Waals surface area (Å²) >= 11 is 7.52. The largest absolute Gasteiger partial charge is 0.272 e. The van der Waals surface area contributed by atoms with Crippen molar-refractivity contribution in [3.63, 3.8) is 0 Å². The van der Waals surface area contributed by atoms with E-state index in [1.165, 1.54) is 4.88 Å². The van der Waals surface area contributed by atoms with Crippen LogP contribution in [-0.2, 0) is 0 Å². The zero-order chi connectivity index (χ0) is 13.0. The molecule has 1 heterocycles. The summed E-state index contributed by atoms with van der Waals surface area (Å²) in [5, 5.41) is 4.31. The smallest absolute Gasteiger partial charge is 0.267 e. The summed E-state index contributed by atoms with van der Waals surface area (Å²) in [4.78, 5) is 14.0. The first-order chi connectivity index (χ1) is 8.66. The second-order valence-electron chi connectivity index (χ2n) is 3.63. The Kier molecular flexibility index (Phi) is 4.12. The number of nitrogens with one attached hydrogen (secondary N) is 1. The van der Waals surface area contributed by atoms with Crippen molar-refractivity contribution >= 4 is 35.1 Å². The van der Waals surface area contributed by atoms with Gasteiger partial charge in [-0.1, -0.05) is 23.7 Å². The van der Waals surface area contributed by atoms with Gasteiger partial charge in [0, 0.05) is 9.75 Å². The van der Waals surface area contributed by atoms with Crippen LogP contribution in [-0.4, -0.2) is 12.1 Å². The Bertz CT molecular complexity index is 592. The molecule has 92 valence electrons. The molecular weight excluding hydrogens is 268 g/mol.